The lowest BCUT2D eigenvalue weighted by atomic mass is 10.0. The molecular formula is C18H17NO3. The van der Waals surface area contributed by atoms with Gasteiger partial charge in [0.2, 0.25) is 0 Å². The summed E-state index contributed by atoms with van der Waals surface area (Å²) in [6, 6.07) is 10.5. The zero-order chi connectivity index (χ0) is 15.9. The van der Waals surface area contributed by atoms with Gasteiger partial charge in [-0.05, 0) is 37.6 Å². The van der Waals surface area contributed by atoms with E-state index in [-0.39, 0.29) is 11.8 Å². The molecule has 4 nitrogen and oxygen atoms in total. The van der Waals surface area contributed by atoms with E-state index in [9.17, 15) is 9.59 Å². The molecule has 0 radical (unpaired) electrons. The first-order chi connectivity index (χ1) is 10.6. The van der Waals surface area contributed by atoms with E-state index in [4.69, 9.17) is 4.74 Å². The standard InChI is InChI=1S/C18H17NO3/c1-3-22-18(21)13(2)11-14-6-8-15(9-7-14)17(20)16-5-4-10-19-12-16/h4-12H,3H2,1-2H3/b13-11+. The van der Waals surface area contributed by atoms with E-state index < -0.39 is 0 Å². The molecule has 1 aromatic heterocycles. The maximum Gasteiger partial charge on any atom is 0.333 e. The van der Waals surface area contributed by atoms with Crippen molar-refractivity contribution in [3.05, 3.63) is 71.1 Å². The molecule has 1 aromatic carbocycles. The lowest BCUT2D eigenvalue weighted by Crippen LogP contribution is -2.05. The smallest absolute Gasteiger partial charge is 0.333 e. The van der Waals surface area contributed by atoms with Crippen molar-refractivity contribution in [2.75, 3.05) is 6.61 Å². The monoisotopic (exact) mass is 295 g/mol. The zero-order valence-electron chi connectivity index (χ0n) is 12.6. The highest BCUT2D eigenvalue weighted by atomic mass is 16.5. The fourth-order valence-corrected chi connectivity index (χ4v) is 1.95. The summed E-state index contributed by atoms with van der Waals surface area (Å²) in [4.78, 5) is 27.7. The van der Waals surface area contributed by atoms with Gasteiger partial charge in [0.15, 0.2) is 5.78 Å². The average Bonchev–Trinajstić information content (AvgIpc) is 2.56. The number of benzene rings is 1. The summed E-state index contributed by atoms with van der Waals surface area (Å²) in [5.74, 6) is -0.413. The molecule has 0 bridgehead atoms. The summed E-state index contributed by atoms with van der Waals surface area (Å²) in [6.45, 7) is 3.82. The largest absolute Gasteiger partial charge is 0.463 e. The Bertz CT molecular complexity index is 688. The number of hydrogen-bond donors (Lipinski definition) is 0. The second-order valence-corrected chi connectivity index (χ2v) is 4.74. The van der Waals surface area contributed by atoms with Gasteiger partial charge < -0.3 is 4.74 Å². The normalized spacial score (nSPS) is 11.1. The summed E-state index contributed by atoms with van der Waals surface area (Å²) in [5, 5.41) is 0. The predicted octanol–water partition coefficient (Wildman–Crippen LogP) is 3.28. The Labute approximate surface area is 129 Å². The lowest BCUT2D eigenvalue weighted by molar-refractivity contribution is -0.138. The minimum atomic E-state index is -0.335. The number of carbonyl (C=O) groups excluding carboxylic acids is 2. The Morgan fingerprint density at radius 1 is 1.14 bits per heavy atom. The summed E-state index contributed by atoms with van der Waals surface area (Å²) in [6.07, 6.45) is 4.90. The molecule has 0 atom stereocenters. The molecular weight excluding hydrogens is 278 g/mol. The molecule has 1 heterocycles. The molecule has 2 rings (SSSR count). The van der Waals surface area contributed by atoms with Gasteiger partial charge in [-0.25, -0.2) is 4.79 Å². The van der Waals surface area contributed by atoms with Crippen LogP contribution in [-0.2, 0) is 9.53 Å². The summed E-state index contributed by atoms with van der Waals surface area (Å²) in [7, 11) is 0. The third-order valence-electron chi connectivity index (χ3n) is 3.08. The van der Waals surface area contributed by atoms with Crippen LogP contribution >= 0.6 is 0 Å². The van der Waals surface area contributed by atoms with Gasteiger partial charge in [-0.2, -0.15) is 0 Å². The lowest BCUT2D eigenvalue weighted by Gasteiger charge is -2.03. The second-order valence-electron chi connectivity index (χ2n) is 4.74. The molecule has 4 heteroatoms. The van der Waals surface area contributed by atoms with Crippen LogP contribution in [0.5, 0.6) is 0 Å². The topological polar surface area (TPSA) is 56.3 Å². The number of hydrogen-bond acceptors (Lipinski definition) is 4. The van der Waals surface area contributed by atoms with Crippen molar-refractivity contribution in [3.63, 3.8) is 0 Å². The van der Waals surface area contributed by atoms with Crippen LogP contribution in [0.15, 0.2) is 54.4 Å². The number of esters is 1. The fraction of sp³-hybridized carbons (Fsp3) is 0.167. The Morgan fingerprint density at radius 2 is 1.86 bits per heavy atom. The van der Waals surface area contributed by atoms with E-state index in [1.165, 1.54) is 0 Å². The minimum Gasteiger partial charge on any atom is -0.463 e. The summed E-state index contributed by atoms with van der Waals surface area (Å²) < 4.78 is 4.93. The molecule has 0 spiro atoms. The Balaban J connectivity index is 2.16. The van der Waals surface area contributed by atoms with Gasteiger partial charge in [0.05, 0.1) is 6.61 Å². The average molecular weight is 295 g/mol. The van der Waals surface area contributed by atoms with E-state index in [1.54, 1.807) is 68.7 Å². The number of ether oxygens (including phenoxy) is 1. The molecule has 0 fully saturated rings. The van der Waals surface area contributed by atoms with Crippen molar-refractivity contribution in [1.29, 1.82) is 0 Å². The van der Waals surface area contributed by atoms with Gasteiger partial charge in [-0.3, -0.25) is 9.78 Å². The molecule has 0 N–H and O–H groups in total. The van der Waals surface area contributed by atoms with Gasteiger partial charge in [0, 0.05) is 29.1 Å². The van der Waals surface area contributed by atoms with Gasteiger partial charge >= 0.3 is 5.97 Å². The Kier molecular flexibility index (Phi) is 5.20. The maximum atomic E-state index is 12.2. The molecule has 22 heavy (non-hydrogen) atoms. The van der Waals surface area contributed by atoms with Crippen LogP contribution in [0.25, 0.3) is 6.08 Å². The van der Waals surface area contributed by atoms with E-state index >= 15 is 0 Å². The van der Waals surface area contributed by atoms with Crippen molar-refractivity contribution < 1.29 is 14.3 Å². The first-order valence-corrected chi connectivity index (χ1v) is 7.02. The van der Waals surface area contributed by atoms with Crippen molar-refractivity contribution in [1.82, 2.24) is 4.98 Å². The zero-order valence-corrected chi connectivity index (χ0v) is 12.6. The van der Waals surface area contributed by atoms with Gasteiger partial charge in [0.25, 0.3) is 0 Å². The highest BCUT2D eigenvalue weighted by Crippen LogP contribution is 2.13. The summed E-state index contributed by atoms with van der Waals surface area (Å²) in [5.41, 5.74) is 2.49. The number of nitrogens with zero attached hydrogens (tertiary/aromatic N) is 1. The number of aromatic nitrogens is 1. The number of ketones is 1. The van der Waals surface area contributed by atoms with Crippen LogP contribution in [-0.4, -0.2) is 23.3 Å². The molecule has 2 aromatic rings. The Hall–Kier alpha value is -2.75. The molecule has 0 aliphatic carbocycles. The van der Waals surface area contributed by atoms with Crippen LogP contribution in [0.3, 0.4) is 0 Å². The van der Waals surface area contributed by atoms with Crippen molar-refractivity contribution in [2.45, 2.75) is 13.8 Å². The minimum absolute atomic E-state index is 0.0780. The third kappa shape index (κ3) is 3.88. The second kappa shape index (κ2) is 7.31. The van der Waals surface area contributed by atoms with Crippen LogP contribution in [0.4, 0.5) is 0 Å². The number of carbonyl (C=O) groups is 2. The first-order valence-electron chi connectivity index (χ1n) is 7.02. The summed E-state index contributed by atoms with van der Waals surface area (Å²) >= 11 is 0. The molecule has 112 valence electrons. The van der Waals surface area contributed by atoms with Crippen LogP contribution in [0.2, 0.25) is 0 Å². The van der Waals surface area contributed by atoms with E-state index in [1.807, 2.05) is 0 Å². The molecule has 0 unspecified atom stereocenters. The van der Waals surface area contributed by atoms with Crippen LogP contribution in [0.1, 0.15) is 35.3 Å². The number of rotatable bonds is 5. The SMILES string of the molecule is CCOC(=O)/C(C)=C/c1ccc(C(=O)c2cccnc2)cc1. The molecule has 0 aliphatic heterocycles. The predicted molar refractivity (Wildman–Crippen MR) is 84.4 cm³/mol. The fourth-order valence-electron chi connectivity index (χ4n) is 1.95. The van der Waals surface area contributed by atoms with E-state index in [0.29, 0.717) is 23.3 Å². The molecule has 0 saturated heterocycles. The van der Waals surface area contributed by atoms with Gasteiger partial charge in [-0.1, -0.05) is 24.3 Å². The number of pyridine rings is 1. The molecule has 0 amide bonds. The van der Waals surface area contributed by atoms with E-state index in [0.717, 1.165) is 5.56 Å². The molecule has 0 saturated carbocycles. The van der Waals surface area contributed by atoms with Gasteiger partial charge in [-0.15, -0.1) is 0 Å². The van der Waals surface area contributed by atoms with Crippen molar-refractivity contribution in [2.24, 2.45) is 0 Å². The highest BCUT2D eigenvalue weighted by Gasteiger charge is 2.09. The van der Waals surface area contributed by atoms with Crippen LogP contribution in [0, 0.1) is 0 Å². The third-order valence-corrected chi connectivity index (χ3v) is 3.08. The maximum absolute atomic E-state index is 12.2. The van der Waals surface area contributed by atoms with Crippen molar-refractivity contribution in [3.8, 4) is 0 Å². The first kappa shape index (κ1) is 15.6. The molecule has 0 aliphatic rings. The van der Waals surface area contributed by atoms with E-state index in [2.05, 4.69) is 4.98 Å². The van der Waals surface area contributed by atoms with Crippen LogP contribution < -0.4 is 0 Å². The van der Waals surface area contributed by atoms with Gasteiger partial charge in [0.1, 0.15) is 0 Å². The quantitative estimate of drug-likeness (QED) is 0.482. The van der Waals surface area contributed by atoms with Crippen molar-refractivity contribution >= 4 is 17.8 Å². The highest BCUT2D eigenvalue weighted by molar-refractivity contribution is 6.08. The Morgan fingerprint density at radius 3 is 2.45 bits per heavy atom.